The fraction of sp³-hybridized carbons (Fsp3) is 0.100. The third-order valence-electron chi connectivity index (χ3n) is 3.50. The highest BCUT2D eigenvalue weighted by atomic mass is 16.5. The number of ether oxygens (including phenoxy) is 2. The molecule has 0 fully saturated rings. The number of benzene rings is 2. The summed E-state index contributed by atoms with van der Waals surface area (Å²) >= 11 is 0. The molecule has 5 nitrogen and oxygen atoms in total. The Hall–Kier alpha value is -3.34. The number of hydrogen-bond acceptors (Lipinski definition) is 4. The Morgan fingerprint density at radius 1 is 0.960 bits per heavy atom. The summed E-state index contributed by atoms with van der Waals surface area (Å²) in [6, 6.07) is 20.6. The molecule has 1 aromatic heterocycles. The van der Waals surface area contributed by atoms with Crippen LogP contribution in [0.3, 0.4) is 0 Å². The van der Waals surface area contributed by atoms with Crippen LogP contribution in [0.25, 0.3) is 0 Å². The van der Waals surface area contributed by atoms with Gasteiger partial charge in [0.15, 0.2) is 0 Å². The topological polar surface area (TPSA) is 60.5 Å². The molecular formula is C20H18N2O3. The van der Waals surface area contributed by atoms with Gasteiger partial charge in [0.25, 0.3) is 5.91 Å². The van der Waals surface area contributed by atoms with E-state index in [0.717, 1.165) is 11.3 Å². The third kappa shape index (κ3) is 4.57. The predicted molar refractivity (Wildman–Crippen MR) is 94.9 cm³/mol. The van der Waals surface area contributed by atoms with Crippen LogP contribution in [-0.2, 0) is 6.61 Å². The molecule has 0 saturated carbocycles. The lowest BCUT2D eigenvalue weighted by molar-refractivity contribution is 0.0958. The first-order chi connectivity index (χ1) is 12.2. The molecule has 0 saturated heterocycles. The Kier molecular flexibility index (Phi) is 5.26. The first-order valence-electron chi connectivity index (χ1n) is 7.87. The monoisotopic (exact) mass is 334 g/mol. The lowest BCUT2D eigenvalue weighted by Gasteiger charge is -2.09. The third-order valence-corrected chi connectivity index (χ3v) is 3.50. The molecule has 5 heteroatoms. The predicted octanol–water partition coefficient (Wildman–Crippen LogP) is 3.81. The van der Waals surface area contributed by atoms with Crippen LogP contribution in [0.4, 0.5) is 0 Å². The zero-order valence-corrected chi connectivity index (χ0v) is 13.8. The maximum absolute atomic E-state index is 11.6. The lowest BCUT2D eigenvalue weighted by atomic mass is 10.2. The molecular weight excluding hydrogens is 316 g/mol. The molecule has 0 aliphatic heterocycles. The second-order valence-electron chi connectivity index (χ2n) is 5.30. The van der Waals surface area contributed by atoms with Crippen molar-refractivity contribution in [3.63, 3.8) is 0 Å². The van der Waals surface area contributed by atoms with E-state index in [1.165, 1.54) is 6.20 Å². The highest BCUT2D eigenvalue weighted by Crippen LogP contribution is 2.24. The zero-order chi connectivity index (χ0) is 17.5. The lowest BCUT2D eigenvalue weighted by Crippen LogP contribution is -2.18. The van der Waals surface area contributed by atoms with Crippen LogP contribution < -0.4 is 14.8 Å². The number of nitrogens with zero attached hydrogens (tertiary/aromatic N) is 1. The number of carbonyl (C=O) groups excluding carboxylic acids is 1. The van der Waals surface area contributed by atoms with E-state index >= 15 is 0 Å². The fourth-order valence-corrected chi connectivity index (χ4v) is 2.21. The number of carbonyl (C=O) groups is 1. The number of rotatable bonds is 6. The van der Waals surface area contributed by atoms with E-state index in [9.17, 15) is 4.79 Å². The number of hydrogen-bond donors (Lipinski definition) is 1. The van der Waals surface area contributed by atoms with E-state index in [0.29, 0.717) is 23.8 Å². The summed E-state index contributed by atoms with van der Waals surface area (Å²) in [5.74, 6) is 1.71. The van der Waals surface area contributed by atoms with Gasteiger partial charge in [-0.25, -0.2) is 0 Å². The molecule has 1 amide bonds. The van der Waals surface area contributed by atoms with Crippen LogP contribution in [0, 0.1) is 0 Å². The van der Waals surface area contributed by atoms with Crippen LogP contribution in [0.2, 0.25) is 0 Å². The van der Waals surface area contributed by atoms with E-state index in [4.69, 9.17) is 9.47 Å². The second-order valence-corrected chi connectivity index (χ2v) is 5.30. The molecule has 126 valence electrons. The smallest absolute Gasteiger partial charge is 0.269 e. The van der Waals surface area contributed by atoms with Crippen molar-refractivity contribution in [3.05, 3.63) is 84.2 Å². The van der Waals surface area contributed by atoms with Crippen molar-refractivity contribution < 1.29 is 14.3 Å². The molecule has 0 radical (unpaired) electrons. The molecule has 0 bridgehead atoms. The van der Waals surface area contributed by atoms with E-state index in [1.54, 1.807) is 19.2 Å². The largest absolute Gasteiger partial charge is 0.489 e. The molecule has 0 spiro atoms. The van der Waals surface area contributed by atoms with Crippen molar-refractivity contribution in [2.45, 2.75) is 6.61 Å². The van der Waals surface area contributed by atoms with E-state index in [-0.39, 0.29) is 5.91 Å². The van der Waals surface area contributed by atoms with Crippen molar-refractivity contribution in [3.8, 4) is 17.2 Å². The normalized spacial score (nSPS) is 10.1. The van der Waals surface area contributed by atoms with Crippen molar-refractivity contribution in [1.82, 2.24) is 10.3 Å². The molecule has 0 aliphatic carbocycles. The van der Waals surface area contributed by atoms with Gasteiger partial charge in [-0.3, -0.25) is 9.78 Å². The highest BCUT2D eigenvalue weighted by molar-refractivity contribution is 5.92. The summed E-state index contributed by atoms with van der Waals surface area (Å²) in [6.45, 7) is 0.515. The van der Waals surface area contributed by atoms with Crippen LogP contribution in [0.1, 0.15) is 16.1 Å². The molecule has 1 heterocycles. The highest BCUT2D eigenvalue weighted by Gasteiger charge is 2.07. The summed E-state index contributed by atoms with van der Waals surface area (Å²) in [6.07, 6.45) is 1.54. The molecule has 2 aromatic carbocycles. The van der Waals surface area contributed by atoms with Gasteiger partial charge < -0.3 is 14.8 Å². The average Bonchev–Trinajstić information content (AvgIpc) is 2.68. The minimum absolute atomic E-state index is 0.255. The quantitative estimate of drug-likeness (QED) is 0.744. The van der Waals surface area contributed by atoms with Crippen LogP contribution in [0.5, 0.6) is 17.2 Å². The van der Waals surface area contributed by atoms with Gasteiger partial charge in [0.05, 0.1) is 0 Å². The standard InChI is InChI=1S/C20H18N2O3/c1-21-20(23)19-13-18(11-12-22-19)25-17-9-7-16(8-10-17)24-14-15-5-3-2-4-6-15/h2-13H,14H2,1H3,(H,21,23). The first kappa shape index (κ1) is 16.5. The van der Waals surface area contributed by atoms with E-state index in [2.05, 4.69) is 10.3 Å². The second kappa shape index (κ2) is 7.97. The Morgan fingerprint density at radius 2 is 1.68 bits per heavy atom. The fourth-order valence-electron chi connectivity index (χ4n) is 2.21. The Bertz CT molecular complexity index is 833. The Labute approximate surface area is 146 Å². The van der Waals surface area contributed by atoms with E-state index < -0.39 is 0 Å². The average molecular weight is 334 g/mol. The minimum Gasteiger partial charge on any atom is -0.489 e. The number of aromatic nitrogens is 1. The van der Waals surface area contributed by atoms with Crippen LogP contribution in [0.15, 0.2) is 72.9 Å². The summed E-state index contributed by atoms with van der Waals surface area (Å²) < 4.78 is 11.5. The van der Waals surface area contributed by atoms with Gasteiger partial charge in [-0.2, -0.15) is 0 Å². The molecule has 1 N–H and O–H groups in total. The summed E-state index contributed by atoms with van der Waals surface area (Å²) in [5.41, 5.74) is 1.42. The van der Waals surface area contributed by atoms with Gasteiger partial charge in [0, 0.05) is 19.3 Å². The van der Waals surface area contributed by atoms with Gasteiger partial charge in [-0.05, 0) is 35.9 Å². The maximum Gasteiger partial charge on any atom is 0.269 e. The van der Waals surface area contributed by atoms with Crippen molar-refractivity contribution in [2.75, 3.05) is 7.05 Å². The number of amides is 1. The van der Waals surface area contributed by atoms with Crippen LogP contribution >= 0.6 is 0 Å². The number of nitrogens with one attached hydrogen (secondary N) is 1. The first-order valence-corrected chi connectivity index (χ1v) is 7.87. The molecule has 0 atom stereocenters. The summed E-state index contributed by atoms with van der Waals surface area (Å²) in [7, 11) is 1.56. The van der Waals surface area contributed by atoms with Gasteiger partial charge in [-0.15, -0.1) is 0 Å². The Morgan fingerprint density at radius 3 is 2.40 bits per heavy atom. The van der Waals surface area contributed by atoms with E-state index in [1.807, 2.05) is 54.6 Å². The summed E-state index contributed by atoms with van der Waals surface area (Å²) in [4.78, 5) is 15.6. The SMILES string of the molecule is CNC(=O)c1cc(Oc2ccc(OCc3ccccc3)cc2)ccn1. The van der Waals surface area contributed by atoms with Gasteiger partial charge in [0.2, 0.25) is 0 Å². The van der Waals surface area contributed by atoms with Crippen LogP contribution in [-0.4, -0.2) is 17.9 Å². The van der Waals surface area contributed by atoms with Gasteiger partial charge in [0.1, 0.15) is 29.5 Å². The van der Waals surface area contributed by atoms with Crippen molar-refractivity contribution >= 4 is 5.91 Å². The molecule has 3 rings (SSSR count). The maximum atomic E-state index is 11.6. The van der Waals surface area contributed by atoms with Crippen molar-refractivity contribution in [2.24, 2.45) is 0 Å². The molecule has 25 heavy (non-hydrogen) atoms. The number of pyridine rings is 1. The molecule has 0 aliphatic rings. The Balaban J connectivity index is 1.62. The molecule has 3 aromatic rings. The minimum atomic E-state index is -0.255. The van der Waals surface area contributed by atoms with Crippen molar-refractivity contribution in [1.29, 1.82) is 0 Å². The zero-order valence-electron chi connectivity index (χ0n) is 13.8. The summed E-state index contributed by atoms with van der Waals surface area (Å²) in [5, 5.41) is 2.53. The molecule has 0 unspecified atom stereocenters. The van der Waals surface area contributed by atoms with Gasteiger partial charge in [-0.1, -0.05) is 30.3 Å². The van der Waals surface area contributed by atoms with Gasteiger partial charge >= 0.3 is 0 Å².